The summed E-state index contributed by atoms with van der Waals surface area (Å²) in [6.07, 6.45) is 0.520. The van der Waals surface area contributed by atoms with Crippen LogP contribution in [0.1, 0.15) is 38.3 Å². The van der Waals surface area contributed by atoms with Crippen molar-refractivity contribution < 1.29 is 9.59 Å². The van der Waals surface area contributed by atoms with Crippen LogP contribution >= 0.6 is 35.0 Å². The largest absolute Gasteiger partial charge is 0.354 e. The number of benzene rings is 2. The molecule has 168 valence electrons. The zero-order valence-electron chi connectivity index (χ0n) is 18.5. The zero-order chi connectivity index (χ0) is 23.0. The van der Waals surface area contributed by atoms with Gasteiger partial charge in [0, 0.05) is 18.0 Å². The SMILES string of the molecule is CCC(C(=O)NCC(C)C)N(Cc1ccc(Cl)c(Cl)c1)C(=O)CSc1ccc(C)cc1. The van der Waals surface area contributed by atoms with Gasteiger partial charge in [0.25, 0.3) is 0 Å². The van der Waals surface area contributed by atoms with Crippen LogP contribution in [-0.2, 0) is 16.1 Å². The van der Waals surface area contributed by atoms with Gasteiger partial charge in [-0.05, 0) is 49.1 Å². The molecule has 0 fully saturated rings. The van der Waals surface area contributed by atoms with Crippen LogP contribution in [-0.4, -0.2) is 35.1 Å². The highest BCUT2D eigenvalue weighted by molar-refractivity contribution is 8.00. The molecule has 0 aliphatic rings. The van der Waals surface area contributed by atoms with E-state index in [1.165, 1.54) is 17.3 Å². The van der Waals surface area contributed by atoms with Crippen LogP contribution in [0.4, 0.5) is 0 Å². The molecule has 0 saturated heterocycles. The molecule has 2 rings (SSSR count). The minimum absolute atomic E-state index is 0.0943. The summed E-state index contributed by atoms with van der Waals surface area (Å²) in [5.74, 6) is 0.351. The van der Waals surface area contributed by atoms with Crippen molar-refractivity contribution in [3.8, 4) is 0 Å². The number of hydrogen-bond donors (Lipinski definition) is 1. The van der Waals surface area contributed by atoms with Crippen molar-refractivity contribution in [3.05, 3.63) is 63.6 Å². The first-order valence-electron chi connectivity index (χ1n) is 10.4. The number of nitrogens with zero attached hydrogens (tertiary/aromatic N) is 1. The fraction of sp³-hybridized carbons (Fsp3) is 0.417. The molecule has 1 atom stereocenters. The minimum Gasteiger partial charge on any atom is -0.354 e. The second kappa shape index (κ2) is 12.4. The molecule has 0 heterocycles. The van der Waals surface area contributed by atoms with E-state index < -0.39 is 6.04 Å². The molecule has 0 spiro atoms. The lowest BCUT2D eigenvalue weighted by Crippen LogP contribution is -2.50. The van der Waals surface area contributed by atoms with E-state index in [9.17, 15) is 9.59 Å². The highest BCUT2D eigenvalue weighted by Crippen LogP contribution is 2.25. The third-order valence-corrected chi connectivity index (χ3v) is 6.53. The van der Waals surface area contributed by atoms with Gasteiger partial charge in [0.2, 0.25) is 11.8 Å². The van der Waals surface area contributed by atoms with Gasteiger partial charge in [-0.15, -0.1) is 11.8 Å². The molecular weight excluding hydrogens is 451 g/mol. The smallest absolute Gasteiger partial charge is 0.242 e. The summed E-state index contributed by atoms with van der Waals surface area (Å²) in [4.78, 5) is 28.8. The van der Waals surface area contributed by atoms with Crippen molar-refractivity contribution in [1.82, 2.24) is 10.2 Å². The van der Waals surface area contributed by atoms with E-state index in [-0.39, 0.29) is 24.1 Å². The predicted molar refractivity (Wildman–Crippen MR) is 131 cm³/mol. The maximum absolute atomic E-state index is 13.2. The summed E-state index contributed by atoms with van der Waals surface area (Å²) >= 11 is 13.7. The van der Waals surface area contributed by atoms with E-state index in [2.05, 4.69) is 5.32 Å². The summed E-state index contributed by atoms with van der Waals surface area (Å²) in [5.41, 5.74) is 2.00. The lowest BCUT2D eigenvalue weighted by Gasteiger charge is -2.31. The molecule has 1 N–H and O–H groups in total. The number of carbonyl (C=O) groups excluding carboxylic acids is 2. The van der Waals surface area contributed by atoms with Gasteiger partial charge in [-0.2, -0.15) is 0 Å². The van der Waals surface area contributed by atoms with Crippen LogP contribution in [0.2, 0.25) is 10.0 Å². The van der Waals surface area contributed by atoms with Crippen LogP contribution in [0.15, 0.2) is 47.4 Å². The lowest BCUT2D eigenvalue weighted by molar-refractivity contribution is -0.139. The number of rotatable bonds is 10. The third kappa shape index (κ3) is 8.06. The lowest BCUT2D eigenvalue weighted by atomic mass is 10.1. The first kappa shape index (κ1) is 25.6. The van der Waals surface area contributed by atoms with Gasteiger partial charge in [-0.1, -0.05) is 67.7 Å². The molecule has 0 aromatic heterocycles. The quantitative estimate of drug-likeness (QED) is 0.425. The fourth-order valence-electron chi connectivity index (χ4n) is 3.04. The molecule has 7 heteroatoms. The van der Waals surface area contributed by atoms with Crippen molar-refractivity contribution in [2.24, 2.45) is 5.92 Å². The van der Waals surface area contributed by atoms with Crippen molar-refractivity contribution >= 4 is 46.8 Å². The summed E-state index contributed by atoms with van der Waals surface area (Å²) in [6, 6.07) is 12.8. The highest BCUT2D eigenvalue weighted by Gasteiger charge is 2.28. The number of amides is 2. The van der Waals surface area contributed by atoms with E-state index in [4.69, 9.17) is 23.2 Å². The number of nitrogens with one attached hydrogen (secondary N) is 1. The van der Waals surface area contributed by atoms with Gasteiger partial charge in [0.1, 0.15) is 6.04 Å². The average molecular weight is 481 g/mol. The Morgan fingerprint density at radius 1 is 1.06 bits per heavy atom. The van der Waals surface area contributed by atoms with Gasteiger partial charge in [-0.25, -0.2) is 0 Å². The van der Waals surface area contributed by atoms with Gasteiger partial charge >= 0.3 is 0 Å². The molecule has 2 aromatic rings. The Bertz CT molecular complexity index is 888. The molecule has 0 saturated carbocycles. The van der Waals surface area contributed by atoms with E-state index in [1.807, 2.05) is 58.0 Å². The first-order chi connectivity index (χ1) is 14.7. The van der Waals surface area contributed by atoms with Crippen LogP contribution in [0.3, 0.4) is 0 Å². The predicted octanol–water partition coefficient (Wildman–Crippen LogP) is 5.97. The monoisotopic (exact) mass is 480 g/mol. The van der Waals surface area contributed by atoms with Crippen molar-refractivity contribution in [2.45, 2.75) is 51.6 Å². The van der Waals surface area contributed by atoms with Gasteiger partial charge in [-0.3, -0.25) is 9.59 Å². The third-order valence-electron chi connectivity index (χ3n) is 4.79. The molecule has 31 heavy (non-hydrogen) atoms. The zero-order valence-corrected chi connectivity index (χ0v) is 20.8. The van der Waals surface area contributed by atoms with E-state index >= 15 is 0 Å². The van der Waals surface area contributed by atoms with E-state index in [0.717, 1.165) is 10.5 Å². The molecular formula is C24H30Cl2N2O2S. The fourth-order valence-corrected chi connectivity index (χ4v) is 4.14. The van der Waals surface area contributed by atoms with Crippen LogP contribution < -0.4 is 5.32 Å². The van der Waals surface area contributed by atoms with E-state index in [0.29, 0.717) is 28.9 Å². The Kier molecular flexibility index (Phi) is 10.2. The number of carbonyl (C=O) groups is 2. The standard InChI is InChI=1S/C24H30Cl2N2O2S/c1-5-22(24(30)27-13-16(2)3)28(14-18-8-11-20(25)21(26)12-18)23(29)15-31-19-9-6-17(4)7-10-19/h6-12,16,22H,5,13-15H2,1-4H3,(H,27,30). The normalized spacial score (nSPS) is 12.0. The Morgan fingerprint density at radius 3 is 2.32 bits per heavy atom. The summed E-state index contributed by atoms with van der Waals surface area (Å²) in [7, 11) is 0. The molecule has 0 bridgehead atoms. The summed E-state index contributed by atoms with van der Waals surface area (Å²) < 4.78 is 0. The number of aryl methyl sites for hydroxylation is 1. The number of halogens is 2. The highest BCUT2D eigenvalue weighted by atomic mass is 35.5. The minimum atomic E-state index is -0.556. The maximum Gasteiger partial charge on any atom is 0.242 e. The molecule has 2 amide bonds. The number of hydrogen-bond acceptors (Lipinski definition) is 3. The van der Waals surface area contributed by atoms with E-state index in [1.54, 1.807) is 17.0 Å². The van der Waals surface area contributed by atoms with Gasteiger partial charge in [0.15, 0.2) is 0 Å². The summed E-state index contributed by atoms with van der Waals surface area (Å²) in [5, 5.41) is 3.85. The number of thioether (sulfide) groups is 1. The van der Waals surface area contributed by atoms with Gasteiger partial charge in [0.05, 0.1) is 15.8 Å². The Morgan fingerprint density at radius 2 is 1.74 bits per heavy atom. The first-order valence-corrected chi connectivity index (χ1v) is 12.2. The van der Waals surface area contributed by atoms with Crippen LogP contribution in [0.5, 0.6) is 0 Å². The second-order valence-corrected chi connectivity index (χ2v) is 9.80. The topological polar surface area (TPSA) is 49.4 Å². The van der Waals surface area contributed by atoms with Crippen molar-refractivity contribution in [2.75, 3.05) is 12.3 Å². The molecule has 0 aliphatic carbocycles. The molecule has 1 unspecified atom stereocenters. The molecule has 4 nitrogen and oxygen atoms in total. The summed E-state index contributed by atoms with van der Waals surface area (Å²) in [6.45, 7) is 8.89. The maximum atomic E-state index is 13.2. The second-order valence-electron chi connectivity index (χ2n) is 7.93. The molecule has 0 aliphatic heterocycles. The van der Waals surface area contributed by atoms with Crippen molar-refractivity contribution in [1.29, 1.82) is 0 Å². The Balaban J connectivity index is 2.21. The average Bonchev–Trinajstić information content (AvgIpc) is 2.74. The van der Waals surface area contributed by atoms with Gasteiger partial charge < -0.3 is 10.2 Å². The van der Waals surface area contributed by atoms with Crippen LogP contribution in [0, 0.1) is 12.8 Å². The molecule has 2 aromatic carbocycles. The molecule has 0 radical (unpaired) electrons. The van der Waals surface area contributed by atoms with Crippen molar-refractivity contribution in [3.63, 3.8) is 0 Å². The Hall–Kier alpha value is -1.69. The Labute approximate surface area is 199 Å². The van der Waals surface area contributed by atoms with Crippen LogP contribution in [0.25, 0.3) is 0 Å².